The zero-order valence-electron chi connectivity index (χ0n) is 17.3. The highest BCUT2D eigenvalue weighted by Crippen LogP contribution is 2.55. The second kappa shape index (κ2) is 7.26. The largest absolute Gasteiger partial charge is 0.465 e. The normalized spacial score (nSPS) is 19.1. The van der Waals surface area contributed by atoms with E-state index in [-0.39, 0.29) is 5.97 Å². The molecule has 0 N–H and O–H groups in total. The van der Waals surface area contributed by atoms with Crippen LogP contribution in [-0.4, -0.2) is 30.1 Å². The molecule has 0 unspecified atom stereocenters. The summed E-state index contributed by atoms with van der Waals surface area (Å²) in [7, 11) is 0. The third kappa shape index (κ3) is 2.59. The van der Waals surface area contributed by atoms with Gasteiger partial charge in [0.1, 0.15) is 6.04 Å². The molecular weight excluding hydrogens is 370 g/mol. The van der Waals surface area contributed by atoms with E-state index in [0.29, 0.717) is 13.2 Å². The minimum absolute atomic E-state index is 0.188. The van der Waals surface area contributed by atoms with Gasteiger partial charge in [-0.1, -0.05) is 90.5 Å². The number of carbonyl (C=O) groups excluding carboxylic acids is 1. The number of rotatable bonds is 4. The molecule has 3 heteroatoms. The van der Waals surface area contributed by atoms with E-state index < -0.39 is 11.6 Å². The van der Waals surface area contributed by atoms with Crippen LogP contribution >= 0.6 is 0 Å². The topological polar surface area (TPSA) is 29.5 Å². The van der Waals surface area contributed by atoms with Crippen molar-refractivity contribution in [3.05, 3.63) is 107 Å². The summed E-state index contributed by atoms with van der Waals surface area (Å²) >= 11 is 0. The van der Waals surface area contributed by atoms with Crippen LogP contribution in [0.15, 0.2) is 90.5 Å². The first-order valence-electron chi connectivity index (χ1n) is 10.5. The van der Waals surface area contributed by atoms with Crippen LogP contribution in [0, 0.1) is 0 Å². The standard InChI is InChI=1S/C27H25NO2/c1-3-30-26(29)25-17-19(2)18-28(25)27(20-11-5-4-6-12-20)23-15-9-7-13-21(23)22-14-8-10-16-24(22)27/h4-17,25H,3,18H2,1-2H3/t25-/m0/s1. The summed E-state index contributed by atoms with van der Waals surface area (Å²) in [5, 5.41) is 0. The molecule has 0 saturated carbocycles. The molecule has 1 aliphatic heterocycles. The van der Waals surface area contributed by atoms with Gasteiger partial charge in [-0.3, -0.25) is 4.90 Å². The van der Waals surface area contributed by atoms with Crippen molar-refractivity contribution in [2.24, 2.45) is 0 Å². The van der Waals surface area contributed by atoms with Crippen molar-refractivity contribution < 1.29 is 9.53 Å². The molecule has 0 aromatic heterocycles. The van der Waals surface area contributed by atoms with Gasteiger partial charge in [0.15, 0.2) is 0 Å². The molecule has 3 aromatic carbocycles. The van der Waals surface area contributed by atoms with Crippen LogP contribution in [0.3, 0.4) is 0 Å². The summed E-state index contributed by atoms with van der Waals surface area (Å²) in [6, 6.07) is 27.3. The van der Waals surface area contributed by atoms with Gasteiger partial charge in [-0.2, -0.15) is 0 Å². The number of esters is 1. The molecule has 0 radical (unpaired) electrons. The Bertz CT molecular complexity index is 1090. The monoisotopic (exact) mass is 395 g/mol. The van der Waals surface area contributed by atoms with Crippen molar-refractivity contribution in [1.82, 2.24) is 4.90 Å². The number of ether oxygens (including phenoxy) is 1. The average molecular weight is 396 g/mol. The zero-order valence-corrected chi connectivity index (χ0v) is 17.3. The number of carbonyl (C=O) groups is 1. The van der Waals surface area contributed by atoms with Crippen molar-refractivity contribution in [3.63, 3.8) is 0 Å². The summed E-state index contributed by atoms with van der Waals surface area (Å²) < 4.78 is 5.50. The van der Waals surface area contributed by atoms with Gasteiger partial charge in [-0.25, -0.2) is 4.79 Å². The molecule has 150 valence electrons. The Labute approximate surface area is 177 Å². The van der Waals surface area contributed by atoms with Gasteiger partial charge in [-0.15, -0.1) is 0 Å². The molecule has 0 spiro atoms. The van der Waals surface area contributed by atoms with Crippen molar-refractivity contribution >= 4 is 5.97 Å². The maximum atomic E-state index is 13.0. The van der Waals surface area contributed by atoms with Crippen LogP contribution in [0.5, 0.6) is 0 Å². The summed E-state index contributed by atoms with van der Waals surface area (Å²) in [6.45, 7) is 5.04. The molecule has 1 atom stereocenters. The Kier molecular flexibility index (Phi) is 4.56. The van der Waals surface area contributed by atoms with Gasteiger partial charge in [0.05, 0.1) is 12.1 Å². The third-order valence-corrected chi connectivity index (χ3v) is 6.27. The number of hydrogen-bond acceptors (Lipinski definition) is 3. The highest BCUT2D eigenvalue weighted by Gasteiger charge is 2.53. The molecule has 1 aliphatic carbocycles. The predicted octanol–water partition coefficient (Wildman–Crippen LogP) is 5.15. The van der Waals surface area contributed by atoms with E-state index in [9.17, 15) is 4.79 Å². The van der Waals surface area contributed by atoms with E-state index in [4.69, 9.17) is 4.74 Å². The van der Waals surface area contributed by atoms with Crippen LogP contribution in [0.4, 0.5) is 0 Å². The molecule has 1 heterocycles. The fraction of sp³-hybridized carbons (Fsp3) is 0.222. The first-order valence-corrected chi connectivity index (χ1v) is 10.5. The van der Waals surface area contributed by atoms with Gasteiger partial charge < -0.3 is 4.74 Å². The van der Waals surface area contributed by atoms with Gasteiger partial charge in [-0.05, 0) is 41.7 Å². The highest BCUT2D eigenvalue weighted by molar-refractivity contribution is 5.85. The van der Waals surface area contributed by atoms with Crippen LogP contribution in [-0.2, 0) is 15.1 Å². The molecule has 0 bridgehead atoms. The fourth-order valence-electron chi connectivity index (χ4n) is 5.21. The highest BCUT2D eigenvalue weighted by atomic mass is 16.5. The van der Waals surface area contributed by atoms with Gasteiger partial charge >= 0.3 is 5.97 Å². The maximum absolute atomic E-state index is 13.0. The molecule has 30 heavy (non-hydrogen) atoms. The van der Waals surface area contributed by atoms with Crippen molar-refractivity contribution in [3.8, 4) is 11.1 Å². The molecular formula is C27H25NO2. The van der Waals surface area contributed by atoms with Crippen molar-refractivity contribution in [2.75, 3.05) is 13.2 Å². The van der Waals surface area contributed by atoms with E-state index in [0.717, 1.165) is 0 Å². The Morgan fingerprint density at radius 3 is 2.10 bits per heavy atom. The number of nitrogens with zero attached hydrogens (tertiary/aromatic N) is 1. The minimum Gasteiger partial charge on any atom is -0.465 e. The first kappa shape index (κ1) is 18.8. The number of hydrogen-bond donors (Lipinski definition) is 0. The van der Waals surface area contributed by atoms with Gasteiger partial charge in [0, 0.05) is 6.54 Å². The zero-order chi connectivity index (χ0) is 20.7. The lowest BCUT2D eigenvalue weighted by molar-refractivity contribution is -0.148. The maximum Gasteiger partial charge on any atom is 0.327 e. The average Bonchev–Trinajstić information content (AvgIpc) is 3.31. The lowest BCUT2D eigenvalue weighted by Crippen LogP contribution is -2.52. The molecule has 3 aromatic rings. The van der Waals surface area contributed by atoms with Crippen LogP contribution < -0.4 is 0 Å². The summed E-state index contributed by atoms with van der Waals surface area (Å²) in [4.78, 5) is 15.4. The Balaban J connectivity index is 1.83. The van der Waals surface area contributed by atoms with E-state index in [1.54, 1.807) is 0 Å². The SMILES string of the molecule is CCOC(=O)[C@@H]1C=C(C)CN1C1(c2ccccc2)c2ccccc2-c2ccccc21. The van der Waals surface area contributed by atoms with Crippen LogP contribution in [0.2, 0.25) is 0 Å². The lowest BCUT2D eigenvalue weighted by Gasteiger charge is -2.44. The molecule has 2 aliphatic rings. The molecule has 0 amide bonds. The minimum atomic E-state index is -0.555. The second-order valence-corrected chi connectivity index (χ2v) is 8.01. The molecule has 0 saturated heterocycles. The third-order valence-electron chi connectivity index (χ3n) is 6.27. The van der Waals surface area contributed by atoms with Gasteiger partial charge in [0.25, 0.3) is 0 Å². The van der Waals surface area contributed by atoms with Crippen molar-refractivity contribution in [1.29, 1.82) is 0 Å². The predicted molar refractivity (Wildman–Crippen MR) is 119 cm³/mol. The van der Waals surface area contributed by atoms with E-state index in [2.05, 4.69) is 90.7 Å². The van der Waals surface area contributed by atoms with Crippen LogP contribution in [0.1, 0.15) is 30.5 Å². The Hall–Kier alpha value is -3.17. The number of benzene rings is 3. The summed E-state index contributed by atoms with van der Waals surface area (Å²) in [6.07, 6.45) is 2.06. The lowest BCUT2D eigenvalue weighted by atomic mass is 9.78. The Morgan fingerprint density at radius 2 is 1.50 bits per heavy atom. The summed E-state index contributed by atoms with van der Waals surface area (Å²) in [5.74, 6) is -0.188. The summed E-state index contributed by atoms with van der Waals surface area (Å²) in [5.41, 5.74) is 6.68. The van der Waals surface area contributed by atoms with E-state index in [1.807, 2.05) is 13.0 Å². The Morgan fingerprint density at radius 1 is 0.933 bits per heavy atom. The molecule has 3 nitrogen and oxygen atoms in total. The first-order chi connectivity index (χ1) is 14.7. The molecule has 5 rings (SSSR count). The van der Waals surface area contributed by atoms with E-state index >= 15 is 0 Å². The molecule has 0 fully saturated rings. The number of fused-ring (bicyclic) bond motifs is 3. The quantitative estimate of drug-likeness (QED) is 0.452. The fourth-order valence-corrected chi connectivity index (χ4v) is 5.21. The second-order valence-electron chi connectivity index (χ2n) is 8.01. The van der Waals surface area contributed by atoms with Gasteiger partial charge in [0.2, 0.25) is 0 Å². The smallest absolute Gasteiger partial charge is 0.327 e. The van der Waals surface area contributed by atoms with Crippen LogP contribution in [0.25, 0.3) is 11.1 Å². The van der Waals surface area contributed by atoms with E-state index in [1.165, 1.54) is 33.4 Å². The van der Waals surface area contributed by atoms with Crippen molar-refractivity contribution in [2.45, 2.75) is 25.4 Å².